The molecule has 200 valence electrons. The Morgan fingerprint density at radius 1 is 0.694 bits per heavy atom. The molecular formula is C31H48N2O3. The van der Waals surface area contributed by atoms with Gasteiger partial charge in [0.2, 0.25) is 0 Å². The highest BCUT2D eigenvalue weighted by atomic mass is 16.5. The van der Waals surface area contributed by atoms with Crippen molar-refractivity contribution < 1.29 is 14.2 Å². The van der Waals surface area contributed by atoms with Gasteiger partial charge >= 0.3 is 0 Å². The molecule has 0 spiro atoms. The van der Waals surface area contributed by atoms with Crippen LogP contribution >= 0.6 is 0 Å². The van der Waals surface area contributed by atoms with Crippen LogP contribution in [0, 0.1) is 0 Å². The normalized spacial score (nSPS) is 14.1. The Bertz CT molecular complexity index is 865. The standard InChI is InChI=1S/C31H48N2O3/c1-4-5-6-7-8-9-10-11-12-13-23-36-30-18-17-27(24-31(30)35-3)26-32-19-21-33(22-20-32)28-15-14-16-29(25-28)34-2/h14-18,24-25H,4-13,19-23,26H2,1-3H3. The average molecular weight is 497 g/mol. The Morgan fingerprint density at radius 2 is 1.39 bits per heavy atom. The maximum absolute atomic E-state index is 6.07. The first-order chi connectivity index (χ1) is 17.7. The van der Waals surface area contributed by atoms with Gasteiger partial charge in [-0.1, -0.05) is 76.8 Å². The van der Waals surface area contributed by atoms with Gasteiger partial charge in [0.25, 0.3) is 0 Å². The fraction of sp³-hybridized carbons (Fsp3) is 0.613. The number of nitrogens with zero attached hydrogens (tertiary/aromatic N) is 2. The van der Waals surface area contributed by atoms with E-state index >= 15 is 0 Å². The molecule has 1 fully saturated rings. The summed E-state index contributed by atoms with van der Waals surface area (Å²) in [5.41, 5.74) is 2.51. The molecule has 5 heteroatoms. The van der Waals surface area contributed by atoms with Gasteiger partial charge in [0, 0.05) is 44.5 Å². The van der Waals surface area contributed by atoms with Crippen molar-refractivity contribution in [2.75, 3.05) is 51.9 Å². The number of hydrogen-bond acceptors (Lipinski definition) is 5. The zero-order valence-corrected chi connectivity index (χ0v) is 23.0. The molecule has 1 aliphatic heterocycles. The van der Waals surface area contributed by atoms with Gasteiger partial charge < -0.3 is 19.1 Å². The summed E-state index contributed by atoms with van der Waals surface area (Å²) in [7, 11) is 3.46. The van der Waals surface area contributed by atoms with E-state index in [0.29, 0.717) is 0 Å². The monoisotopic (exact) mass is 496 g/mol. The lowest BCUT2D eigenvalue weighted by Crippen LogP contribution is -2.45. The summed E-state index contributed by atoms with van der Waals surface area (Å²) in [5.74, 6) is 2.62. The maximum Gasteiger partial charge on any atom is 0.161 e. The largest absolute Gasteiger partial charge is 0.497 e. The van der Waals surface area contributed by atoms with Gasteiger partial charge in [-0.15, -0.1) is 0 Å². The Hall–Kier alpha value is -2.40. The summed E-state index contributed by atoms with van der Waals surface area (Å²) in [6.07, 6.45) is 13.4. The van der Waals surface area contributed by atoms with Gasteiger partial charge in [-0.3, -0.25) is 4.90 Å². The van der Waals surface area contributed by atoms with E-state index in [9.17, 15) is 0 Å². The molecule has 1 aliphatic rings. The fourth-order valence-corrected chi connectivity index (χ4v) is 4.93. The minimum atomic E-state index is 0.762. The van der Waals surface area contributed by atoms with E-state index in [2.05, 4.69) is 53.1 Å². The summed E-state index contributed by atoms with van der Waals surface area (Å²) < 4.78 is 17.1. The molecule has 0 atom stereocenters. The van der Waals surface area contributed by atoms with Crippen LogP contribution in [0.2, 0.25) is 0 Å². The molecule has 0 N–H and O–H groups in total. The van der Waals surface area contributed by atoms with Crippen LogP contribution in [-0.4, -0.2) is 51.9 Å². The number of piperazine rings is 1. The summed E-state index contributed by atoms with van der Waals surface area (Å²) >= 11 is 0. The highest BCUT2D eigenvalue weighted by Gasteiger charge is 2.18. The van der Waals surface area contributed by atoms with E-state index in [1.807, 2.05) is 6.07 Å². The third-order valence-corrected chi connectivity index (χ3v) is 7.18. The van der Waals surface area contributed by atoms with Crippen LogP contribution in [0.15, 0.2) is 42.5 Å². The van der Waals surface area contributed by atoms with Crippen LogP contribution in [0.5, 0.6) is 17.2 Å². The Labute approximate surface area is 219 Å². The van der Waals surface area contributed by atoms with E-state index < -0.39 is 0 Å². The van der Waals surface area contributed by atoms with E-state index in [-0.39, 0.29) is 0 Å². The van der Waals surface area contributed by atoms with E-state index in [0.717, 1.165) is 63.0 Å². The fourth-order valence-electron chi connectivity index (χ4n) is 4.93. The van der Waals surface area contributed by atoms with Crippen LogP contribution in [0.25, 0.3) is 0 Å². The molecule has 0 saturated carbocycles. The van der Waals surface area contributed by atoms with Crippen molar-refractivity contribution in [1.82, 2.24) is 4.90 Å². The maximum atomic E-state index is 6.07. The van der Waals surface area contributed by atoms with Gasteiger partial charge in [-0.2, -0.15) is 0 Å². The molecule has 1 saturated heterocycles. The molecule has 0 amide bonds. The van der Waals surface area contributed by atoms with Gasteiger partial charge in [0.05, 0.1) is 20.8 Å². The van der Waals surface area contributed by atoms with Gasteiger partial charge in [0.15, 0.2) is 11.5 Å². The molecule has 1 heterocycles. The highest BCUT2D eigenvalue weighted by molar-refractivity contribution is 5.51. The van der Waals surface area contributed by atoms with E-state index in [1.54, 1.807) is 14.2 Å². The minimum Gasteiger partial charge on any atom is -0.497 e. The first-order valence-electron chi connectivity index (χ1n) is 14.1. The minimum absolute atomic E-state index is 0.762. The van der Waals surface area contributed by atoms with Gasteiger partial charge in [-0.05, 0) is 36.2 Å². The third-order valence-electron chi connectivity index (χ3n) is 7.18. The number of ether oxygens (including phenoxy) is 3. The predicted molar refractivity (Wildman–Crippen MR) is 151 cm³/mol. The number of anilines is 1. The lowest BCUT2D eigenvalue weighted by Gasteiger charge is -2.36. The molecule has 0 aromatic heterocycles. The first-order valence-corrected chi connectivity index (χ1v) is 14.1. The van der Waals surface area contributed by atoms with Crippen LogP contribution < -0.4 is 19.1 Å². The number of methoxy groups -OCH3 is 2. The van der Waals surface area contributed by atoms with Crippen molar-refractivity contribution in [2.45, 2.75) is 77.7 Å². The van der Waals surface area contributed by atoms with Crippen molar-refractivity contribution in [1.29, 1.82) is 0 Å². The topological polar surface area (TPSA) is 34.2 Å². The first kappa shape index (κ1) is 28.2. The molecule has 0 bridgehead atoms. The highest BCUT2D eigenvalue weighted by Crippen LogP contribution is 2.29. The summed E-state index contributed by atoms with van der Waals surface area (Å²) in [6.45, 7) is 8.08. The van der Waals surface area contributed by atoms with Gasteiger partial charge in [0.1, 0.15) is 5.75 Å². The summed E-state index contributed by atoms with van der Waals surface area (Å²) in [4.78, 5) is 4.94. The second-order valence-electron chi connectivity index (χ2n) is 9.98. The van der Waals surface area contributed by atoms with Crippen LogP contribution in [-0.2, 0) is 6.54 Å². The number of hydrogen-bond donors (Lipinski definition) is 0. The third kappa shape index (κ3) is 9.57. The summed E-state index contributed by atoms with van der Waals surface area (Å²) in [5, 5.41) is 0. The Kier molecular flexibility index (Phi) is 12.8. The van der Waals surface area contributed by atoms with Crippen molar-refractivity contribution in [3.05, 3.63) is 48.0 Å². The van der Waals surface area contributed by atoms with Crippen LogP contribution in [0.3, 0.4) is 0 Å². The molecule has 3 rings (SSSR count). The van der Waals surface area contributed by atoms with Crippen molar-refractivity contribution in [2.24, 2.45) is 0 Å². The van der Waals surface area contributed by atoms with Gasteiger partial charge in [-0.25, -0.2) is 0 Å². The van der Waals surface area contributed by atoms with Crippen LogP contribution in [0.1, 0.15) is 76.7 Å². The van der Waals surface area contributed by atoms with Crippen molar-refractivity contribution in [3.8, 4) is 17.2 Å². The zero-order chi connectivity index (χ0) is 25.4. The SMILES string of the molecule is CCCCCCCCCCCCOc1ccc(CN2CCN(c3cccc(OC)c3)CC2)cc1OC. The van der Waals surface area contributed by atoms with E-state index in [1.165, 1.54) is 69.0 Å². The second kappa shape index (κ2) is 16.4. The molecule has 0 radical (unpaired) electrons. The average Bonchev–Trinajstić information content (AvgIpc) is 2.92. The molecule has 5 nitrogen and oxygen atoms in total. The number of unbranched alkanes of at least 4 members (excludes halogenated alkanes) is 9. The zero-order valence-electron chi connectivity index (χ0n) is 23.0. The van der Waals surface area contributed by atoms with Crippen LogP contribution in [0.4, 0.5) is 5.69 Å². The smallest absolute Gasteiger partial charge is 0.161 e. The molecule has 2 aromatic rings. The number of benzene rings is 2. The molecular weight excluding hydrogens is 448 g/mol. The Balaban J connectivity index is 1.34. The lowest BCUT2D eigenvalue weighted by molar-refractivity contribution is 0.248. The summed E-state index contributed by atoms with van der Waals surface area (Å²) in [6, 6.07) is 14.8. The molecule has 0 unspecified atom stereocenters. The van der Waals surface area contributed by atoms with Crippen molar-refractivity contribution >= 4 is 5.69 Å². The predicted octanol–water partition coefficient (Wildman–Crippen LogP) is 7.33. The molecule has 0 aliphatic carbocycles. The second-order valence-corrected chi connectivity index (χ2v) is 9.98. The lowest BCUT2D eigenvalue weighted by atomic mass is 10.1. The quantitative estimate of drug-likeness (QED) is 0.214. The van der Waals surface area contributed by atoms with E-state index in [4.69, 9.17) is 14.2 Å². The Morgan fingerprint density at radius 3 is 2.06 bits per heavy atom. The van der Waals surface area contributed by atoms with Crippen molar-refractivity contribution in [3.63, 3.8) is 0 Å². The number of rotatable bonds is 17. The molecule has 36 heavy (non-hydrogen) atoms. The molecule has 2 aromatic carbocycles.